The van der Waals surface area contributed by atoms with Crippen molar-refractivity contribution in [2.45, 2.75) is 52.2 Å². The van der Waals surface area contributed by atoms with Crippen molar-refractivity contribution in [2.24, 2.45) is 0 Å². The van der Waals surface area contributed by atoms with Crippen molar-refractivity contribution >= 4 is 22.0 Å². The number of aromatic nitrogens is 2. The van der Waals surface area contributed by atoms with Gasteiger partial charge in [0.05, 0.1) is 6.04 Å². The second kappa shape index (κ2) is 6.14. The Hall–Kier alpha value is -1.18. The van der Waals surface area contributed by atoms with E-state index in [1.165, 1.54) is 0 Å². The summed E-state index contributed by atoms with van der Waals surface area (Å²) in [6, 6.07) is -0.0816. The molecule has 1 aromatic heterocycles. The van der Waals surface area contributed by atoms with Gasteiger partial charge < -0.3 is 14.2 Å². The van der Waals surface area contributed by atoms with Crippen LogP contribution in [0.1, 0.15) is 51.0 Å². The van der Waals surface area contributed by atoms with Crippen molar-refractivity contribution in [3.63, 3.8) is 0 Å². The van der Waals surface area contributed by atoms with Crippen LogP contribution in [0.25, 0.3) is 0 Å². The predicted octanol–water partition coefficient (Wildman–Crippen LogP) is 4.07. The zero-order chi connectivity index (χ0) is 16.7. The minimum atomic E-state index is -2.61. The average Bonchev–Trinajstić information content (AvgIpc) is 2.92. The highest BCUT2D eigenvalue weighted by Crippen LogP contribution is 2.32. The summed E-state index contributed by atoms with van der Waals surface area (Å²) in [5.74, 6) is 0. The molecular weight excluding hydrogens is 360 g/mol. The molecule has 0 aromatic carbocycles. The number of ether oxygens (including phenoxy) is 1. The summed E-state index contributed by atoms with van der Waals surface area (Å²) in [4.78, 5) is 17.5. The summed E-state index contributed by atoms with van der Waals surface area (Å²) in [5, 5.41) is 0. The molecule has 1 aliphatic rings. The van der Waals surface area contributed by atoms with Gasteiger partial charge in [-0.3, -0.25) is 0 Å². The molecule has 22 heavy (non-hydrogen) atoms. The smallest absolute Gasteiger partial charge is 0.410 e. The lowest BCUT2D eigenvalue weighted by molar-refractivity contribution is 0.0288. The van der Waals surface area contributed by atoms with Gasteiger partial charge in [0.15, 0.2) is 4.73 Å². The molecule has 0 radical (unpaired) electrons. The van der Waals surface area contributed by atoms with Crippen LogP contribution in [-0.4, -0.2) is 39.2 Å². The topological polar surface area (TPSA) is 47.4 Å². The quantitative estimate of drug-likeness (QED) is 0.777. The molecule has 0 aliphatic carbocycles. The molecule has 0 saturated carbocycles. The first-order valence-electron chi connectivity index (χ1n) is 7.10. The van der Waals surface area contributed by atoms with Crippen LogP contribution in [0.15, 0.2) is 4.73 Å². The van der Waals surface area contributed by atoms with Gasteiger partial charge in [0.2, 0.25) is 0 Å². The second-order valence-electron chi connectivity index (χ2n) is 6.39. The third-order valence-corrected chi connectivity index (χ3v) is 4.09. The maximum atomic E-state index is 12.9. The highest BCUT2D eigenvalue weighted by Gasteiger charge is 2.33. The van der Waals surface area contributed by atoms with Crippen LogP contribution < -0.4 is 0 Å². The Balaban J connectivity index is 2.12. The summed E-state index contributed by atoms with van der Waals surface area (Å²) < 4.78 is 33.3. The third kappa shape index (κ3) is 3.59. The molecule has 1 amide bonds. The zero-order valence-electron chi connectivity index (χ0n) is 13.1. The summed E-state index contributed by atoms with van der Waals surface area (Å²) >= 11 is 3.24. The number of carbonyl (C=O) groups is 1. The maximum absolute atomic E-state index is 12.9. The highest BCUT2D eigenvalue weighted by atomic mass is 79.9. The van der Waals surface area contributed by atoms with Gasteiger partial charge in [0.1, 0.15) is 11.3 Å². The van der Waals surface area contributed by atoms with Crippen LogP contribution >= 0.6 is 15.9 Å². The molecule has 1 atom stereocenters. The first-order valence-corrected chi connectivity index (χ1v) is 7.89. The van der Waals surface area contributed by atoms with Crippen molar-refractivity contribution < 1.29 is 18.3 Å². The van der Waals surface area contributed by atoms with E-state index in [2.05, 4.69) is 20.9 Å². The highest BCUT2D eigenvalue weighted by molar-refractivity contribution is 9.10. The molecule has 0 N–H and O–H groups in total. The van der Waals surface area contributed by atoms with Crippen LogP contribution in [0, 0.1) is 6.92 Å². The Bertz CT molecular complexity index is 569. The van der Waals surface area contributed by atoms with Crippen molar-refractivity contribution in [2.75, 3.05) is 13.1 Å². The number of nitrogens with zero attached hydrogens (tertiary/aromatic N) is 3. The number of hydrogen-bond donors (Lipinski definition) is 0. The van der Waals surface area contributed by atoms with E-state index in [1.54, 1.807) is 16.4 Å². The monoisotopic (exact) mass is 379 g/mol. The van der Waals surface area contributed by atoms with Crippen LogP contribution in [0.4, 0.5) is 13.6 Å². The van der Waals surface area contributed by atoms with E-state index in [1.807, 2.05) is 20.8 Å². The molecule has 1 unspecified atom stereocenters. The number of hydrogen-bond acceptors (Lipinski definition) is 3. The Morgan fingerprint density at radius 3 is 2.59 bits per heavy atom. The van der Waals surface area contributed by atoms with Gasteiger partial charge in [-0.05, 0) is 50.0 Å². The molecule has 5 nitrogen and oxygen atoms in total. The van der Waals surface area contributed by atoms with E-state index in [0.717, 1.165) is 0 Å². The SMILES string of the molecule is Cc1c(C(F)F)nc(Br)n1C1CCN(C(=O)OC(C)(C)C)C1. The molecule has 1 saturated heterocycles. The van der Waals surface area contributed by atoms with E-state index in [4.69, 9.17) is 4.74 Å². The van der Waals surface area contributed by atoms with E-state index >= 15 is 0 Å². The molecule has 1 aliphatic heterocycles. The lowest BCUT2D eigenvalue weighted by Gasteiger charge is -2.24. The van der Waals surface area contributed by atoms with Crippen molar-refractivity contribution in [1.82, 2.24) is 14.5 Å². The zero-order valence-corrected chi connectivity index (χ0v) is 14.7. The number of halogens is 3. The van der Waals surface area contributed by atoms with E-state index in [0.29, 0.717) is 29.9 Å². The minimum absolute atomic E-state index is 0.0816. The summed E-state index contributed by atoms with van der Waals surface area (Å²) in [6.07, 6.45) is -2.31. The number of rotatable bonds is 2. The number of likely N-dealkylation sites (tertiary alicyclic amines) is 1. The van der Waals surface area contributed by atoms with E-state index < -0.39 is 12.0 Å². The van der Waals surface area contributed by atoms with E-state index in [-0.39, 0.29) is 17.8 Å². The average molecular weight is 380 g/mol. The molecule has 1 aromatic rings. The lowest BCUT2D eigenvalue weighted by atomic mass is 10.2. The fourth-order valence-electron chi connectivity index (χ4n) is 2.57. The van der Waals surface area contributed by atoms with Gasteiger partial charge in [-0.1, -0.05) is 0 Å². The second-order valence-corrected chi connectivity index (χ2v) is 7.10. The molecule has 8 heteroatoms. The number of amides is 1. The minimum Gasteiger partial charge on any atom is -0.444 e. The Morgan fingerprint density at radius 2 is 2.09 bits per heavy atom. The number of alkyl halides is 2. The standard InChI is InChI=1S/C14H20BrF2N3O2/c1-8-10(11(16)17)18-12(15)20(8)9-5-6-19(7-9)13(21)22-14(2,3)4/h9,11H,5-7H2,1-4H3. The third-order valence-electron chi connectivity index (χ3n) is 3.53. The Kier molecular flexibility index (Phi) is 4.79. The lowest BCUT2D eigenvalue weighted by Crippen LogP contribution is -2.35. The molecule has 2 heterocycles. The summed E-state index contributed by atoms with van der Waals surface area (Å²) in [5.41, 5.74) is -0.343. The van der Waals surface area contributed by atoms with Crippen molar-refractivity contribution in [3.8, 4) is 0 Å². The van der Waals surface area contributed by atoms with Crippen LogP contribution in [0.5, 0.6) is 0 Å². The molecule has 2 rings (SSSR count). The summed E-state index contributed by atoms with van der Waals surface area (Å²) in [6.45, 7) is 8.01. The van der Waals surface area contributed by atoms with Crippen molar-refractivity contribution in [3.05, 3.63) is 16.1 Å². The number of imidazole rings is 1. The van der Waals surface area contributed by atoms with Crippen LogP contribution in [0.2, 0.25) is 0 Å². The molecule has 1 fully saturated rings. The van der Waals surface area contributed by atoms with Gasteiger partial charge in [0.25, 0.3) is 6.43 Å². The number of carbonyl (C=O) groups excluding carboxylic acids is 1. The fraction of sp³-hybridized carbons (Fsp3) is 0.714. The van der Waals surface area contributed by atoms with Gasteiger partial charge in [-0.2, -0.15) is 0 Å². The van der Waals surface area contributed by atoms with Gasteiger partial charge >= 0.3 is 6.09 Å². The molecule has 0 spiro atoms. The van der Waals surface area contributed by atoms with Gasteiger partial charge in [-0.15, -0.1) is 0 Å². The Labute approximate surface area is 136 Å². The van der Waals surface area contributed by atoms with Gasteiger partial charge in [0, 0.05) is 18.8 Å². The predicted molar refractivity (Wildman–Crippen MR) is 81.1 cm³/mol. The van der Waals surface area contributed by atoms with Gasteiger partial charge in [-0.25, -0.2) is 18.6 Å². The Morgan fingerprint density at radius 1 is 1.45 bits per heavy atom. The van der Waals surface area contributed by atoms with E-state index in [9.17, 15) is 13.6 Å². The van der Waals surface area contributed by atoms with Crippen LogP contribution in [0.3, 0.4) is 0 Å². The summed E-state index contributed by atoms with van der Waals surface area (Å²) in [7, 11) is 0. The molecular formula is C14H20BrF2N3O2. The fourth-order valence-corrected chi connectivity index (χ4v) is 3.32. The molecule has 124 valence electrons. The maximum Gasteiger partial charge on any atom is 0.410 e. The largest absolute Gasteiger partial charge is 0.444 e. The normalized spacial score (nSPS) is 19.1. The van der Waals surface area contributed by atoms with Crippen LogP contribution in [-0.2, 0) is 4.74 Å². The first-order chi connectivity index (χ1) is 10.1. The molecule has 0 bridgehead atoms. The first kappa shape index (κ1) is 17.2. The van der Waals surface area contributed by atoms with Crippen molar-refractivity contribution in [1.29, 1.82) is 0 Å².